The van der Waals surface area contributed by atoms with Crippen LogP contribution in [0.25, 0.3) is 0 Å². The molecule has 0 aliphatic carbocycles. The van der Waals surface area contributed by atoms with Crippen LogP contribution in [0.5, 0.6) is 0 Å². The molecule has 4 nitrogen and oxygen atoms in total. The summed E-state index contributed by atoms with van der Waals surface area (Å²) in [5.74, 6) is 0. The molecule has 0 aliphatic rings. The maximum Gasteiger partial charge on any atom is 0.208 e. The molecule has 1 unspecified atom stereocenters. The van der Waals surface area contributed by atoms with Crippen LogP contribution in [0.4, 0.5) is 0 Å². The highest BCUT2D eigenvalue weighted by atomic mass is 35.5. The quantitative estimate of drug-likeness (QED) is 0.758. The van der Waals surface area contributed by atoms with Crippen LogP contribution in [0.15, 0.2) is 18.2 Å². The van der Waals surface area contributed by atoms with Gasteiger partial charge < -0.3 is 5.32 Å². The molecular formula is C12H18Cl2N2O2S. The monoisotopic (exact) mass is 324 g/mol. The highest BCUT2D eigenvalue weighted by Crippen LogP contribution is 2.29. The molecule has 19 heavy (non-hydrogen) atoms. The predicted molar refractivity (Wildman–Crippen MR) is 80.3 cm³/mol. The molecule has 7 heteroatoms. The largest absolute Gasteiger partial charge is 0.310 e. The Bertz CT molecular complexity index is 520. The molecule has 1 aromatic carbocycles. The SMILES string of the molecule is CC(NCCCNS(C)(=O)=O)c1cccc(Cl)c1Cl. The molecule has 0 amide bonds. The van der Waals surface area contributed by atoms with Crippen molar-refractivity contribution in [3.8, 4) is 0 Å². The first-order valence-electron chi connectivity index (χ1n) is 5.93. The van der Waals surface area contributed by atoms with E-state index in [1.165, 1.54) is 0 Å². The van der Waals surface area contributed by atoms with Crippen LogP contribution in [0.1, 0.15) is 24.9 Å². The lowest BCUT2D eigenvalue weighted by atomic mass is 10.1. The Morgan fingerprint density at radius 3 is 2.58 bits per heavy atom. The first-order valence-corrected chi connectivity index (χ1v) is 8.58. The predicted octanol–water partition coefficient (Wildman–Crippen LogP) is 2.58. The second-order valence-electron chi connectivity index (χ2n) is 4.34. The van der Waals surface area contributed by atoms with Crippen LogP contribution in [-0.2, 0) is 10.0 Å². The molecule has 108 valence electrons. The Hall–Kier alpha value is -0.330. The molecule has 0 fully saturated rings. The molecule has 0 saturated carbocycles. The summed E-state index contributed by atoms with van der Waals surface area (Å²) in [5.41, 5.74) is 0.935. The maximum absolute atomic E-state index is 10.9. The summed E-state index contributed by atoms with van der Waals surface area (Å²) in [5, 5.41) is 4.36. The van der Waals surface area contributed by atoms with Crippen molar-refractivity contribution in [2.75, 3.05) is 19.3 Å². The van der Waals surface area contributed by atoms with E-state index in [2.05, 4.69) is 10.0 Å². The Morgan fingerprint density at radius 1 is 1.26 bits per heavy atom. The zero-order chi connectivity index (χ0) is 14.5. The molecule has 2 N–H and O–H groups in total. The van der Waals surface area contributed by atoms with Crippen molar-refractivity contribution in [2.45, 2.75) is 19.4 Å². The summed E-state index contributed by atoms with van der Waals surface area (Å²) < 4.78 is 24.2. The van der Waals surface area contributed by atoms with Gasteiger partial charge in [0.25, 0.3) is 0 Å². The number of hydrogen-bond acceptors (Lipinski definition) is 3. The van der Waals surface area contributed by atoms with Crippen molar-refractivity contribution in [3.63, 3.8) is 0 Å². The third kappa shape index (κ3) is 6.10. The van der Waals surface area contributed by atoms with Crippen LogP contribution < -0.4 is 10.0 Å². The average molecular weight is 325 g/mol. The Labute approximate surface area is 124 Å². The number of benzene rings is 1. The van der Waals surface area contributed by atoms with E-state index in [9.17, 15) is 8.42 Å². The molecule has 0 heterocycles. The van der Waals surface area contributed by atoms with Crippen molar-refractivity contribution in [1.82, 2.24) is 10.0 Å². The van der Waals surface area contributed by atoms with Gasteiger partial charge in [-0.15, -0.1) is 0 Å². The number of sulfonamides is 1. The highest BCUT2D eigenvalue weighted by molar-refractivity contribution is 7.88. The van der Waals surface area contributed by atoms with Gasteiger partial charge in [-0.3, -0.25) is 0 Å². The van der Waals surface area contributed by atoms with E-state index in [1.54, 1.807) is 6.07 Å². The standard InChI is InChI=1S/C12H18Cl2N2O2S/c1-9(10-5-3-6-11(13)12(10)14)15-7-4-8-16-19(2,17)18/h3,5-6,9,15-16H,4,7-8H2,1-2H3. The molecule has 0 spiro atoms. The van der Waals surface area contributed by atoms with E-state index in [4.69, 9.17) is 23.2 Å². The fourth-order valence-corrected chi connectivity index (χ4v) is 2.62. The summed E-state index contributed by atoms with van der Waals surface area (Å²) in [6.07, 6.45) is 1.85. The van der Waals surface area contributed by atoms with Gasteiger partial charge in [-0.25, -0.2) is 13.1 Å². The van der Waals surface area contributed by atoms with E-state index in [0.29, 0.717) is 29.6 Å². The van der Waals surface area contributed by atoms with Crippen LogP contribution in [-0.4, -0.2) is 27.8 Å². The van der Waals surface area contributed by atoms with Gasteiger partial charge in [-0.2, -0.15) is 0 Å². The minimum Gasteiger partial charge on any atom is -0.310 e. The molecule has 0 aromatic heterocycles. The molecule has 1 aromatic rings. The summed E-state index contributed by atoms with van der Waals surface area (Å²) in [4.78, 5) is 0. The van der Waals surface area contributed by atoms with Crippen LogP contribution in [0, 0.1) is 0 Å². The van der Waals surface area contributed by atoms with E-state index in [-0.39, 0.29) is 6.04 Å². The molecule has 1 atom stereocenters. The Kier molecular flexibility index (Phi) is 6.56. The fraction of sp³-hybridized carbons (Fsp3) is 0.500. The van der Waals surface area contributed by atoms with Gasteiger partial charge in [0.2, 0.25) is 10.0 Å². The van der Waals surface area contributed by atoms with Crippen LogP contribution >= 0.6 is 23.2 Å². The van der Waals surface area contributed by atoms with Crippen molar-refractivity contribution >= 4 is 33.2 Å². The lowest BCUT2D eigenvalue weighted by molar-refractivity contribution is 0.548. The van der Waals surface area contributed by atoms with Gasteiger partial charge in [-0.05, 0) is 31.5 Å². The first kappa shape index (κ1) is 16.7. The second kappa shape index (κ2) is 7.45. The molecule has 0 saturated heterocycles. The fourth-order valence-electron chi connectivity index (χ4n) is 1.63. The van der Waals surface area contributed by atoms with Crippen LogP contribution in [0.2, 0.25) is 10.0 Å². The van der Waals surface area contributed by atoms with E-state index >= 15 is 0 Å². The van der Waals surface area contributed by atoms with Gasteiger partial charge in [0, 0.05) is 12.6 Å². The maximum atomic E-state index is 10.9. The number of nitrogens with one attached hydrogen (secondary N) is 2. The Morgan fingerprint density at radius 2 is 1.95 bits per heavy atom. The number of rotatable bonds is 7. The minimum absolute atomic E-state index is 0.0597. The van der Waals surface area contributed by atoms with Crippen molar-refractivity contribution in [2.24, 2.45) is 0 Å². The summed E-state index contributed by atoms with van der Waals surface area (Å²) >= 11 is 12.1. The van der Waals surface area contributed by atoms with Gasteiger partial charge in [-0.1, -0.05) is 35.3 Å². The first-order chi connectivity index (χ1) is 8.81. The third-order valence-corrected chi connectivity index (χ3v) is 4.18. The average Bonchev–Trinajstić information content (AvgIpc) is 2.30. The van der Waals surface area contributed by atoms with E-state index in [1.807, 2.05) is 19.1 Å². The van der Waals surface area contributed by atoms with Crippen molar-refractivity contribution in [1.29, 1.82) is 0 Å². The lowest BCUT2D eigenvalue weighted by Gasteiger charge is -2.16. The van der Waals surface area contributed by atoms with Gasteiger partial charge in [0.05, 0.1) is 16.3 Å². The highest BCUT2D eigenvalue weighted by Gasteiger charge is 2.10. The van der Waals surface area contributed by atoms with Gasteiger partial charge >= 0.3 is 0 Å². The minimum atomic E-state index is -3.11. The molecular weight excluding hydrogens is 307 g/mol. The van der Waals surface area contributed by atoms with Crippen molar-refractivity contribution in [3.05, 3.63) is 33.8 Å². The molecule has 0 aliphatic heterocycles. The van der Waals surface area contributed by atoms with Gasteiger partial charge in [0.1, 0.15) is 0 Å². The van der Waals surface area contributed by atoms with Crippen LogP contribution in [0.3, 0.4) is 0 Å². The lowest BCUT2D eigenvalue weighted by Crippen LogP contribution is -2.27. The molecule has 0 radical (unpaired) electrons. The molecule has 0 bridgehead atoms. The number of halogens is 2. The summed E-state index contributed by atoms with van der Waals surface area (Å²) in [6.45, 7) is 3.09. The van der Waals surface area contributed by atoms with Gasteiger partial charge in [0.15, 0.2) is 0 Å². The smallest absolute Gasteiger partial charge is 0.208 e. The summed E-state index contributed by atoms with van der Waals surface area (Å²) in [6, 6.07) is 5.58. The normalized spacial score (nSPS) is 13.5. The number of hydrogen-bond donors (Lipinski definition) is 2. The zero-order valence-corrected chi connectivity index (χ0v) is 13.2. The zero-order valence-electron chi connectivity index (χ0n) is 10.9. The third-order valence-electron chi connectivity index (χ3n) is 2.62. The summed E-state index contributed by atoms with van der Waals surface area (Å²) in [7, 11) is -3.11. The van der Waals surface area contributed by atoms with E-state index < -0.39 is 10.0 Å². The van der Waals surface area contributed by atoms with Crippen molar-refractivity contribution < 1.29 is 8.42 Å². The topological polar surface area (TPSA) is 58.2 Å². The molecule has 1 rings (SSSR count). The second-order valence-corrected chi connectivity index (χ2v) is 6.96. The Balaban J connectivity index is 2.39. The van der Waals surface area contributed by atoms with E-state index in [0.717, 1.165) is 11.8 Å².